The summed E-state index contributed by atoms with van der Waals surface area (Å²) in [7, 11) is 0. The Kier molecular flexibility index (Phi) is 2.10. The molecule has 0 aliphatic carbocycles. The number of hydrogen-bond donors (Lipinski definition) is 1. The summed E-state index contributed by atoms with van der Waals surface area (Å²) in [6.45, 7) is 2.17. The van der Waals surface area contributed by atoms with Crippen molar-refractivity contribution in [3.8, 4) is 0 Å². The normalized spacial score (nSPS) is 16.3. The number of rotatable bonds is 1. The molecule has 0 atom stereocenters. The summed E-state index contributed by atoms with van der Waals surface area (Å²) < 4.78 is 0. The van der Waals surface area contributed by atoms with Crippen LogP contribution in [0, 0.1) is 0 Å². The molecule has 2 aromatic carbocycles. The van der Waals surface area contributed by atoms with Gasteiger partial charge in [0.25, 0.3) is 0 Å². The summed E-state index contributed by atoms with van der Waals surface area (Å²) in [6.07, 6.45) is 2.31. The molecule has 2 heteroatoms. The predicted octanol–water partition coefficient (Wildman–Crippen LogP) is 3.35. The molecule has 0 saturated carbocycles. The van der Waals surface area contributed by atoms with Crippen LogP contribution in [0.2, 0.25) is 0 Å². The van der Waals surface area contributed by atoms with Gasteiger partial charge in [-0.15, -0.1) is 0 Å². The van der Waals surface area contributed by atoms with Gasteiger partial charge in [0.1, 0.15) is 0 Å². The van der Waals surface area contributed by atoms with Crippen LogP contribution in [0.5, 0.6) is 0 Å². The Bertz CT molecular complexity index is 604. The minimum atomic E-state index is 1.08. The van der Waals surface area contributed by atoms with Crippen LogP contribution >= 0.6 is 0 Å². The number of benzene rings is 2. The Morgan fingerprint density at radius 1 is 0.944 bits per heavy atom. The first-order chi connectivity index (χ1) is 8.92. The van der Waals surface area contributed by atoms with E-state index in [2.05, 4.69) is 52.7 Å². The van der Waals surface area contributed by atoms with Crippen molar-refractivity contribution in [2.45, 2.75) is 12.8 Å². The first-order valence-corrected chi connectivity index (χ1v) is 6.64. The third-order valence-corrected chi connectivity index (χ3v) is 4.00. The van der Waals surface area contributed by atoms with E-state index >= 15 is 0 Å². The molecule has 0 unspecified atom stereocenters. The van der Waals surface area contributed by atoms with E-state index in [9.17, 15) is 0 Å². The Hall–Kier alpha value is -1.96. The molecule has 2 aromatic rings. The van der Waals surface area contributed by atoms with Crippen LogP contribution in [0.4, 0.5) is 17.1 Å². The highest BCUT2D eigenvalue weighted by atomic mass is 15.2. The highest BCUT2D eigenvalue weighted by Gasteiger charge is 2.21. The summed E-state index contributed by atoms with van der Waals surface area (Å²) in [5.41, 5.74) is 6.91. The Balaban J connectivity index is 1.77. The molecule has 0 radical (unpaired) electrons. The Morgan fingerprint density at radius 3 is 2.89 bits per heavy atom. The van der Waals surface area contributed by atoms with Crippen LogP contribution in [-0.2, 0) is 12.8 Å². The van der Waals surface area contributed by atoms with E-state index in [-0.39, 0.29) is 0 Å². The van der Waals surface area contributed by atoms with E-state index in [4.69, 9.17) is 0 Å². The second-order valence-electron chi connectivity index (χ2n) is 5.05. The molecule has 0 fully saturated rings. The highest BCUT2D eigenvalue weighted by molar-refractivity contribution is 5.74. The molecular formula is C16H16N2. The molecule has 0 aromatic heterocycles. The van der Waals surface area contributed by atoms with E-state index < -0.39 is 0 Å². The van der Waals surface area contributed by atoms with Crippen LogP contribution in [0.3, 0.4) is 0 Å². The zero-order chi connectivity index (χ0) is 11.9. The van der Waals surface area contributed by atoms with Crippen LogP contribution in [0.25, 0.3) is 0 Å². The zero-order valence-electron chi connectivity index (χ0n) is 10.3. The van der Waals surface area contributed by atoms with Crippen molar-refractivity contribution in [3.05, 3.63) is 53.6 Å². The van der Waals surface area contributed by atoms with Crippen molar-refractivity contribution in [2.75, 3.05) is 23.3 Å². The molecule has 0 amide bonds. The van der Waals surface area contributed by atoms with E-state index in [0.29, 0.717) is 0 Å². The molecule has 2 heterocycles. The molecule has 18 heavy (non-hydrogen) atoms. The maximum Gasteiger partial charge on any atom is 0.0444 e. The van der Waals surface area contributed by atoms with Crippen molar-refractivity contribution < 1.29 is 0 Å². The first-order valence-electron chi connectivity index (χ1n) is 6.64. The monoisotopic (exact) mass is 236 g/mol. The lowest BCUT2D eigenvalue weighted by Gasteiger charge is -2.20. The van der Waals surface area contributed by atoms with Crippen LogP contribution in [0.15, 0.2) is 42.5 Å². The molecule has 2 aliphatic rings. The second-order valence-corrected chi connectivity index (χ2v) is 5.05. The fourth-order valence-electron chi connectivity index (χ4n) is 3.05. The molecular weight excluding hydrogens is 220 g/mol. The third kappa shape index (κ3) is 1.42. The minimum absolute atomic E-state index is 1.08. The van der Waals surface area contributed by atoms with Gasteiger partial charge in [0.2, 0.25) is 0 Å². The maximum atomic E-state index is 3.46. The smallest absolute Gasteiger partial charge is 0.0444 e. The standard InChI is InChI=1S/C16H16N2/c1-2-4-16-13(3-1)8-10-18(16)14-6-5-12-7-9-17-15(12)11-14/h1-6,11,17H,7-10H2. The Morgan fingerprint density at radius 2 is 1.89 bits per heavy atom. The predicted molar refractivity (Wildman–Crippen MR) is 75.8 cm³/mol. The van der Waals surface area contributed by atoms with Gasteiger partial charge in [-0.3, -0.25) is 0 Å². The molecule has 0 bridgehead atoms. The lowest BCUT2D eigenvalue weighted by atomic mass is 10.1. The summed E-state index contributed by atoms with van der Waals surface area (Å²) in [5.74, 6) is 0. The Labute approximate surface area is 107 Å². The fourth-order valence-corrected chi connectivity index (χ4v) is 3.05. The van der Waals surface area contributed by atoms with Gasteiger partial charge in [-0.2, -0.15) is 0 Å². The molecule has 2 nitrogen and oxygen atoms in total. The lowest BCUT2D eigenvalue weighted by Crippen LogP contribution is -2.13. The summed E-state index contributed by atoms with van der Waals surface area (Å²) in [4.78, 5) is 2.43. The van der Waals surface area contributed by atoms with Crippen molar-refractivity contribution >= 4 is 17.1 Å². The number of anilines is 3. The average Bonchev–Trinajstić information content (AvgIpc) is 3.04. The number of fused-ring (bicyclic) bond motifs is 2. The van der Waals surface area contributed by atoms with Gasteiger partial charge in [0.15, 0.2) is 0 Å². The zero-order valence-corrected chi connectivity index (χ0v) is 10.3. The highest BCUT2D eigenvalue weighted by Crippen LogP contribution is 2.36. The summed E-state index contributed by atoms with van der Waals surface area (Å²) in [6, 6.07) is 15.5. The summed E-state index contributed by atoms with van der Waals surface area (Å²) in [5, 5.41) is 3.46. The fraction of sp³-hybridized carbons (Fsp3) is 0.250. The maximum absolute atomic E-state index is 3.46. The van der Waals surface area contributed by atoms with Gasteiger partial charge in [0, 0.05) is 30.2 Å². The first kappa shape index (κ1) is 10.0. The van der Waals surface area contributed by atoms with E-state index in [1.165, 1.54) is 28.2 Å². The van der Waals surface area contributed by atoms with E-state index in [0.717, 1.165) is 25.9 Å². The van der Waals surface area contributed by atoms with Gasteiger partial charge in [-0.25, -0.2) is 0 Å². The quantitative estimate of drug-likeness (QED) is 0.817. The topological polar surface area (TPSA) is 15.3 Å². The molecule has 0 spiro atoms. The van der Waals surface area contributed by atoms with Gasteiger partial charge < -0.3 is 10.2 Å². The third-order valence-electron chi connectivity index (χ3n) is 4.00. The molecule has 4 rings (SSSR count). The molecule has 1 N–H and O–H groups in total. The van der Waals surface area contributed by atoms with E-state index in [1.807, 2.05) is 0 Å². The van der Waals surface area contributed by atoms with Crippen molar-refractivity contribution in [1.29, 1.82) is 0 Å². The van der Waals surface area contributed by atoms with Crippen molar-refractivity contribution in [2.24, 2.45) is 0 Å². The second kappa shape index (κ2) is 3.77. The number of nitrogens with one attached hydrogen (secondary N) is 1. The number of para-hydroxylation sites is 1. The number of hydrogen-bond acceptors (Lipinski definition) is 2. The van der Waals surface area contributed by atoms with Gasteiger partial charge >= 0.3 is 0 Å². The SMILES string of the molecule is c1ccc2c(c1)CCN2c1ccc2c(c1)NCC2. The van der Waals surface area contributed by atoms with Gasteiger partial charge in [0.05, 0.1) is 0 Å². The van der Waals surface area contributed by atoms with Crippen molar-refractivity contribution in [3.63, 3.8) is 0 Å². The molecule has 0 saturated heterocycles. The largest absolute Gasteiger partial charge is 0.384 e. The van der Waals surface area contributed by atoms with Gasteiger partial charge in [-0.1, -0.05) is 24.3 Å². The lowest BCUT2D eigenvalue weighted by molar-refractivity contribution is 0.998. The number of nitrogens with zero attached hydrogens (tertiary/aromatic N) is 1. The van der Waals surface area contributed by atoms with Crippen LogP contribution < -0.4 is 10.2 Å². The van der Waals surface area contributed by atoms with Gasteiger partial charge in [-0.05, 0) is 42.2 Å². The van der Waals surface area contributed by atoms with E-state index in [1.54, 1.807) is 0 Å². The summed E-state index contributed by atoms with van der Waals surface area (Å²) >= 11 is 0. The van der Waals surface area contributed by atoms with Crippen molar-refractivity contribution in [1.82, 2.24) is 0 Å². The molecule has 90 valence electrons. The minimum Gasteiger partial charge on any atom is -0.384 e. The van der Waals surface area contributed by atoms with Crippen LogP contribution in [0.1, 0.15) is 11.1 Å². The van der Waals surface area contributed by atoms with Crippen LogP contribution in [-0.4, -0.2) is 13.1 Å². The molecule has 2 aliphatic heterocycles. The average molecular weight is 236 g/mol.